The van der Waals surface area contributed by atoms with E-state index >= 15 is 0 Å². The molecule has 0 aliphatic carbocycles. The highest BCUT2D eigenvalue weighted by Gasteiger charge is 2.17. The van der Waals surface area contributed by atoms with E-state index < -0.39 is 17.7 Å². The molecule has 0 aromatic heterocycles. The highest BCUT2D eigenvalue weighted by Crippen LogP contribution is 2.06. The number of aliphatic hydroxyl groups is 1. The van der Waals surface area contributed by atoms with E-state index in [0.29, 0.717) is 0 Å². The molecule has 2 N–H and O–H groups in total. The third-order valence-electron chi connectivity index (χ3n) is 1.38. The summed E-state index contributed by atoms with van der Waals surface area (Å²) < 4.78 is 5.03. The second-order valence-corrected chi connectivity index (χ2v) is 4.06. The maximum absolute atomic E-state index is 11.3. The summed E-state index contributed by atoms with van der Waals surface area (Å²) in [5.41, 5.74) is -0.535. The third-order valence-corrected chi connectivity index (χ3v) is 1.38. The largest absolute Gasteiger partial charge is 0.444 e. The molecule has 0 bridgehead atoms. The fourth-order valence-corrected chi connectivity index (χ4v) is 0.826. The van der Waals surface area contributed by atoms with Crippen LogP contribution in [-0.2, 0) is 4.74 Å². The van der Waals surface area contributed by atoms with Gasteiger partial charge in [-0.25, -0.2) is 4.79 Å². The van der Waals surface area contributed by atoms with Gasteiger partial charge in [-0.1, -0.05) is 24.8 Å². The summed E-state index contributed by atoms with van der Waals surface area (Å²) in [5, 5.41) is 11.5. The Bertz CT molecular complexity index is 241. The summed E-state index contributed by atoms with van der Waals surface area (Å²) in [5.74, 6) is 0. The molecule has 4 nitrogen and oxygen atoms in total. The molecule has 0 radical (unpaired) electrons. The molecule has 0 spiro atoms. The van der Waals surface area contributed by atoms with Crippen molar-refractivity contribution in [2.24, 2.45) is 0 Å². The Morgan fingerprint density at radius 3 is 2.60 bits per heavy atom. The molecular weight excluding hydrogens is 194 g/mol. The van der Waals surface area contributed by atoms with Crippen molar-refractivity contribution in [3.8, 4) is 0 Å². The summed E-state index contributed by atoms with van der Waals surface area (Å²) in [6, 6.07) is -0.446. The molecule has 86 valence electrons. The quantitative estimate of drug-likeness (QED) is 0.697. The molecule has 0 fully saturated rings. The summed E-state index contributed by atoms with van der Waals surface area (Å²) in [7, 11) is 0. The lowest BCUT2D eigenvalue weighted by atomic mass is 10.2. The van der Waals surface area contributed by atoms with Gasteiger partial charge in [-0.2, -0.15) is 0 Å². The Morgan fingerprint density at radius 1 is 1.60 bits per heavy atom. The van der Waals surface area contributed by atoms with E-state index in [0.717, 1.165) is 0 Å². The molecule has 0 heterocycles. The standard InChI is InChI=1S/C11H19NO3/c1-5-6-7-9(8-13)12-10(14)15-11(2,3)4/h5-7,9,13H,1,8H2,2-4H3,(H,12,14)/b7-6+. The van der Waals surface area contributed by atoms with Gasteiger partial charge < -0.3 is 15.2 Å². The molecule has 4 heteroatoms. The fraction of sp³-hybridized carbons (Fsp3) is 0.545. The normalized spacial score (nSPS) is 13.6. The number of nitrogens with one attached hydrogen (secondary N) is 1. The van der Waals surface area contributed by atoms with Crippen molar-refractivity contribution >= 4 is 6.09 Å². The summed E-state index contributed by atoms with van der Waals surface area (Å²) in [6.07, 6.45) is 4.31. The number of aliphatic hydroxyl groups excluding tert-OH is 1. The van der Waals surface area contributed by atoms with Crippen LogP contribution in [0.4, 0.5) is 4.79 Å². The molecule has 0 saturated carbocycles. The minimum Gasteiger partial charge on any atom is -0.444 e. The second kappa shape index (κ2) is 6.24. The maximum atomic E-state index is 11.3. The molecular formula is C11H19NO3. The smallest absolute Gasteiger partial charge is 0.408 e. The highest BCUT2D eigenvalue weighted by atomic mass is 16.6. The molecule has 0 saturated heterocycles. The number of hydrogen-bond donors (Lipinski definition) is 2. The topological polar surface area (TPSA) is 58.6 Å². The van der Waals surface area contributed by atoms with Crippen molar-refractivity contribution in [3.63, 3.8) is 0 Å². The second-order valence-electron chi connectivity index (χ2n) is 4.06. The summed E-state index contributed by atoms with van der Waals surface area (Å²) >= 11 is 0. The van der Waals surface area contributed by atoms with E-state index in [9.17, 15) is 4.79 Å². The van der Waals surface area contributed by atoms with Gasteiger partial charge in [0.05, 0.1) is 12.6 Å². The monoisotopic (exact) mass is 213 g/mol. The van der Waals surface area contributed by atoms with Gasteiger partial charge in [-0.15, -0.1) is 0 Å². The lowest BCUT2D eigenvalue weighted by Gasteiger charge is -2.21. The maximum Gasteiger partial charge on any atom is 0.408 e. The van der Waals surface area contributed by atoms with Gasteiger partial charge in [0.25, 0.3) is 0 Å². The molecule has 15 heavy (non-hydrogen) atoms. The van der Waals surface area contributed by atoms with Crippen molar-refractivity contribution in [1.29, 1.82) is 0 Å². The number of carbonyl (C=O) groups excluding carboxylic acids is 1. The van der Waals surface area contributed by atoms with Crippen molar-refractivity contribution in [3.05, 3.63) is 24.8 Å². The van der Waals surface area contributed by atoms with Gasteiger partial charge in [-0.3, -0.25) is 0 Å². The third kappa shape index (κ3) is 7.76. The first-order valence-corrected chi connectivity index (χ1v) is 4.78. The lowest BCUT2D eigenvalue weighted by molar-refractivity contribution is 0.0498. The lowest BCUT2D eigenvalue weighted by Crippen LogP contribution is -2.39. The molecule has 1 atom stereocenters. The molecule has 1 unspecified atom stereocenters. The van der Waals surface area contributed by atoms with Gasteiger partial charge in [0.2, 0.25) is 0 Å². The number of carbonyl (C=O) groups is 1. The van der Waals surface area contributed by atoms with E-state index in [4.69, 9.17) is 9.84 Å². The molecule has 0 aliphatic rings. The Kier molecular flexibility index (Phi) is 5.70. The van der Waals surface area contributed by atoms with Crippen LogP contribution in [0.3, 0.4) is 0 Å². The molecule has 0 aliphatic heterocycles. The van der Waals surface area contributed by atoms with Gasteiger partial charge in [0, 0.05) is 0 Å². The van der Waals surface area contributed by atoms with E-state index in [1.807, 2.05) is 0 Å². The Labute approximate surface area is 90.6 Å². The first-order chi connectivity index (χ1) is 6.89. The van der Waals surface area contributed by atoms with Crippen molar-refractivity contribution < 1.29 is 14.6 Å². The van der Waals surface area contributed by atoms with Crippen LogP contribution in [0.25, 0.3) is 0 Å². The number of rotatable bonds is 4. The van der Waals surface area contributed by atoms with E-state index in [1.165, 1.54) is 0 Å². The van der Waals surface area contributed by atoms with Crippen LogP contribution in [-0.4, -0.2) is 29.4 Å². The van der Waals surface area contributed by atoms with E-state index in [2.05, 4.69) is 11.9 Å². The Hall–Kier alpha value is -1.29. The van der Waals surface area contributed by atoms with Crippen LogP contribution in [0.2, 0.25) is 0 Å². The zero-order valence-electron chi connectivity index (χ0n) is 9.49. The number of allylic oxidation sites excluding steroid dienone is 2. The van der Waals surface area contributed by atoms with Crippen molar-refractivity contribution in [2.45, 2.75) is 32.4 Å². The summed E-state index contributed by atoms with van der Waals surface area (Å²) in [6.45, 7) is 8.65. The highest BCUT2D eigenvalue weighted by molar-refractivity contribution is 5.68. The van der Waals surface area contributed by atoms with E-state index in [1.54, 1.807) is 39.0 Å². The SMILES string of the molecule is C=C/C=C/C(CO)NC(=O)OC(C)(C)C. The summed E-state index contributed by atoms with van der Waals surface area (Å²) in [4.78, 5) is 11.3. The molecule has 1 amide bonds. The predicted molar refractivity (Wildman–Crippen MR) is 59.6 cm³/mol. The van der Waals surface area contributed by atoms with Crippen LogP contribution in [0, 0.1) is 0 Å². The number of hydrogen-bond acceptors (Lipinski definition) is 3. The zero-order valence-corrected chi connectivity index (χ0v) is 9.49. The van der Waals surface area contributed by atoms with Gasteiger partial charge >= 0.3 is 6.09 Å². The number of amides is 1. The van der Waals surface area contributed by atoms with Crippen LogP contribution >= 0.6 is 0 Å². The molecule has 0 aromatic carbocycles. The van der Waals surface area contributed by atoms with Crippen LogP contribution in [0.1, 0.15) is 20.8 Å². The average molecular weight is 213 g/mol. The van der Waals surface area contributed by atoms with Gasteiger partial charge in [-0.05, 0) is 20.8 Å². The predicted octanol–water partition coefficient (Wildman–Crippen LogP) is 1.61. The first kappa shape index (κ1) is 13.7. The van der Waals surface area contributed by atoms with Crippen LogP contribution in [0.15, 0.2) is 24.8 Å². The number of ether oxygens (including phenoxy) is 1. The minimum absolute atomic E-state index is 0.177. The number of alkyl carbamates (subject to hydrolysis) is 1. The Balaban J connectivity index is 4.13. The van der Waals surface area contributed by atoms with Crippen LogP contribution in [0.5, 0.6) is 0 Å². The van der Waals surface area contributed by atoms with Crippen molar-refractivity contribution in [1.82, 2.24) is 5.32 Å². The van der Waals surface area contributed by atoms with Gasteiger partial charge in [0.1, 0.15) is 5.60 Å². The molecule has 0 aromatic rings. The van der Waals surface area contributed by atoms with Gasteiger partial charge in [0.15, 0.2) is 0 Å². The molecule has 0 rings (SSSR count). The Morgan fingerprint density at radius 2 is 2.20 bits per heavy atom. The average Bonchev–Trinajstić information content (AvgIpc) is 2.09. The minimum atomic E-state index is -0.546. The van der Waals surface area contributed by atoms with Crippen molar-refractivity contribution in [2.75, 3.05) is 6.61 Å². The zero-order chi connectivity index (χ0) is 11.9. The van der Waals surface area contributed by atoms with E-state index in [-0.39, 0.29) is 6.61 Å². The van der Waals surface area contributed by atoms with Crippen LogP contribution < -0.4 is 5.32 Å². The first-order valence-electron chi connectivity index (χ1n) is 4.78. The fourth-order valence-electron chi connectivity index (χ4n) is 0.826.